The predicted molar refractivity (Wildman–Crippen MR) is 86.1 cm³/mol. The molecule has 0 saturated carbocycles. The number of aromatic nitrogens is 2. The van der Waals surface area contributed by atoms with Crippen LogP contribution in [0.25, 0.3) is 11.0 Å². The highest BCUT2D eigenvalue weighted by atomic mass is 35.5. The number of alkyl halides is 2. The Bertz CT molecular complexity index is 742. The van der Waals surface area contributed by atoms with E-state index >= 15 is 0 Å². The molecule has 0 aliphatic heterocycles. The smallest absolute Gasteiger partial charge is 0.328 e. The molecule has 1 heterocycles. The van der Waals surface area contributed by atoms with Crippen LogP contribution in [-0.2, 0) is 18.4 Å². The molecular weight excluding hydrogens is 330 g/mol. The fourth-order valence-corrected chi connectivity index (χ4v) is 2.18. The molecule has 2 rings (SSSR count). The average Bonchev–Trinajstić information content (AvgIpc) is 2.75. The number of halogens is 3. The lowest BCUT2D eigenvalue weighted by Gasteiger charge is -2.14. The molecule has 0 spiro atoms. The maximum Gasteiger partial charge on any atom is 0.328 e. The van der Waals surface area contributed by atoms with Crippen molar-refractivity contribution >= 4 is 29.3 Å². The van der Waals surface area contributed by atoms with Crippen LogP contribution in [0.4, 0.5) is 8.78 Å². The maximum atomic E-state index is 13.0. The first-order valence-electron chi connectivity index (χ1n) is 6.84. The monoisotopic (exact) mass is 348 g/mol. The number of nitrogens with two attached hydrogens (primary N) is 1. The molecule has 9 heteroatoms. The number of carbonyl (C=O) groups excluding carboxylic acids is 1. The number of nitrogens with one attached hydrogen (secondary N) is 1. The molecule has 1 amide bonds. The second kappa shape index (κ2) is 7.56. The molecule has 0 aliphatic carbocycles. The first-order chi connectivity index (χ1) is 10.4. The molecule has 1 aromatic heterocycles. The van der Waals surface area contributed by atoms with Gasteiger partial charge in [0, 0.05) is 20.0 Å². The van der Waals surface area contributed by atoms with Gasteiger partial charge in [0.25, 0.3) is 5.92 Å². The van der Waals surface area contributed by atoms with Crippen LogP contribution in [0.3, 0.4) is 0 Å². The summed E-state index contributed by atoms with van der Waals surface area (Å²) in [5, 5.41) is 2.13. The van der Waals surface area contributed by atoms with Gasteiger partial charge in [0.05, 0.1) is 24.1 Å². The Labute approximate surface area is 137 Å². The summed E-state index contributed by atoms with van der Waals surface area (Å²) in [6.45, 7) is -1.50. The van der Waals surface area contributed by atoms with Crippen molar-refractivity contribution in [3.05, 3.63) is 34.7 Å². The van der Waals surface area contributed by atoms with Crippen LogP contribution in [0.2, 0.25) is 0 Å². The summed E-state index contributed by atoms with van der Waals surface area (Å²) in [5.74, 6) is -3.67. The minimum atomic E-state index is -3.12. The van der Waals surface area contributed by atoms with Crippen LogP contribution in [-0.4, -0.2) is 34.1 Å². The fraction of sp³-hybridized carbons (Fsp3) is 0.429. The normalized spacial score (nSPS) is 11.3. The fourth-order valence-electron chi connectivity index (χ4n) is 2.18. The van der Waals surface area contributed by atoms with Gasteiger partial charge in [0.2, 0.25) is 5.91 Å². The van der Waals surface area contributed by atoms with Crippen molar-refractivity contribution in [2.75, 3.05) is 13.1 Å². The lowest BCUT2D eigenvalue weighted by atomic mass is 10.3. The van der Waals surface area contributed by atoms with Gasteiger partial charge >= 0.3 is 5.69 Å². The average molecular weight is 349 g/mol. The van der Waals surface area contributed by atoms with E-state index in [1.54, 1.807) is 25.2 Å². The van der Waals surface area contributed by atoms with Crippen LogP contribution in [0.5, 0.6) is 0 Å². The highest BCUT2D eigenvalue weighted by molar-refractivity contribution is 5.85. The van der Waals surface area contributed by atoms with Crippen molar-refractivity contribution < 1.29 is 13.6 Å². The molecule has 23 heavy (non-hydrogen) atoms. The van der Waals surface area contributed by atoms with E-state index in [0.717, 1.165) is 5.52 Å². The number of nitrogens with zero attached hydrogens (tertiary/aromatic N) is 2. The Morgan fingerprint density at radius 2 is 1.91 bits per heavy atom. The zero-order valence-electron chi connectivity index (χ0n) is 12.6. The Kier molecular flexibility index (Phi) is 6.28. The number of benzene rings is 1. The summed E-state index contributed by atoms with van der Waals surface area (Å²) in [4.78, 5) is 23.7. The Morgan fingerprint density at radius 1 is 1.30 bits per heavy atom. The summed E-state index contributed by atoms with van der Waals surface area (Å²) in [7, 11) is 1.64. The van der Waals surface area contributed by atoms with E-state index in [4.69, 9.17) is 5.73 Å². The van der Waals surface area contributed by atoms with E-state index < -0.39 is 24.9 Å². The molecule has 3 N–H and O–H groups in total. The first kappa shape index (κ1) is 19.1. The number of hydrogen-bond acceptors (Lipinski definition) is 3. The Morgan fingerprint density at radius 3 is 2.52 bits per heavy atom. The lowest BCUT2D eigenvalue weighted by Crippen LogP contribution is -2.41. The van der Waals surface area contributed by atoms with Crippen LogP contribution in [0.15, 0.2) is 29.1 Å². The number of imidazole rings is 1. The van der Waals surface area contributed by atoms with Crippen LogP contribution < -0.4 is 16.7 Å². The summed E-state index contributed by atoms with van der Waals surface area (Å²) in [5.41, 5.74) is 6.10. The number of fused-ring (bicyclic) bond motifs is 1. The highest BCUT2D eigenvalue weighted by Gasteiger charge is 2.27. The number of rotatable bonds is 6. The SMILES string of the molecule is Cl.Cn1c(=O)n(CCC(=O)NCC(F)(F)CN)c2ccccc21. The zero-order chi connectivity index (χ0) is 16.3. The molecule has 0 aliphatic rings. The number of aryl methyl sites for hydroxylation is 2. The van der Waals surface area contributed by atoms with Crippen molar-refractivity contribution in [2.45, 2.75) is 18.9 Å². The lowest BCUT2D eigenvalue weighted by molar-refractivity contribution is -0.123. The molecule has 0 fully saturated rings. The van der Waals surface area contributed by atoms with Gasteiger partial charge in [-0.3, -0.25) is 13.9 Å². The van der Waals surface area contributed by atoms with E-state index in [1.165, 1.54) is 9.13 Å². The predicted octanol–water partition coefficient (Wildman–Crippen LogP) is 0.862. The number of para-hydroxylation sites is 2. The highest BCUT2D eigenvalue weighted by Crippen LogP contribution is 2.12. The molecular formula is C14H19ClF2N4O2. The molecule has 0 radical (unpaired) electrons. The minimum Gasteiger partial charge on any atom is -0.350 e. The van der Waals surface area contributed by atoms with E-state index in [0.29, 0.717) is 5.52 Å². The van der Waals surface area contributed by atoms with Gasteiger partial charge in [-0.05, 0) is 12.1 Å². The number of hydrogen-bond donors (Lipinski definition) is 2. The van der Waals surface area contributed by atoms with Gasteiger partial charge in [-0.15, -0.1) is 12.4 Å². The molecule has 128 valence electrons. The van der Waals surface area contributed by atoms with Crippen LogP contribution in [0, 0.1) is 0 Å². The van der Waals surface area contributed by atoms with Gasteiger partial charge in [-0.2, -0.15) is 0 Å². The second-order valence-electron chi connectivity index (χ2n) is 5.07. The molecule has 2 aromatic rings. The summed E-state index contributed by atoms with van der Waals surface area (Å²) < 4.78 is 28.8. The van der Waals surface area contributed by atoms with Gasteiger partial charge in [-0.25, -0.2) is 13.6 Å². The van der Waals surface area contributed by atoms with E-state index in [9.17, 15) is 18.4 Å². The van der Waals surface area contributed by atoms with Crippen molar-refractivity contribution in [1.29, 1.82) is 0 Å². The van der Waals surface area contributed by atoms with E-state index in [2.05, 4.69) is 5.32 Å². The zero-order valence-corrected chi connectivity index (χ0v) is 13.4. The van der Waals surface area contributed by atoms with Crippen molar-refractivity contribution in [2.24, 2.45) is 12.8 Å². The summed E-state index contributed by atoms with van der Waals surface area (Å²) in [6.07, 6.45) is -0.0609. The van der Waals surface area contributed by atoms with Gasteiger partial charge < -0.3 is 11.1 Å². The van der Waals surface area contributed by atoms with Gasteiger partial charge in [0.1, 0.15) is 0 Å². The van der Waals surface area contributed by atoms with Crippen LogP contribution in [0.1, 0.15) is 6.42 Å². The van der Waals surface area contributed by atoms with Crippen molar-refractivity contribution in [3.8, 4) is 0 Å². The molecule has 0 unspecified atom stereocenters. The Balaban J connectivity index is 0.00000264. The summed E-state index contributed by atoms with van der Waals surface area (Å²) >= 11 is 0. The van der Waals surface area contributed by atoms with Gasteiger partial charge in [-0.1, -0.05) is 12.1 Å². The quantitative estimate of drug-likeness (QED) is 0.812. The third-order valence-electron chi connectivity index (χ3n) is 3.46. The molecule has 1 aromatic carbocycles. The topological polar surface area (TPSA) is 82.0 Å². The molecule has 6 nitrogen and oxygen atoms in total. The largest absolute Gasteiger partial charge is 0.350 e. The molecule has 0 saturated heterocycles. The number of amides is 1. The van der Waals surface area contributed by atoms with Gasteiger partial charge in [0.15, 0.2) is 0 Å². The minimum absolute atomic E-state index is 0. The summed E-state index contributed by atoms with van der Waals surface area (Å²) in [6, 6.07) is 7.18. The standard InChI is InChI=1S/C14H18F2N4O2.ClH/c1-19-10-4-2-3-5-11(10)20(13(19)22)7-6-12(21)18-9-14(15,16)8-17;/h2-5H,6-9,17H2,1H3,(H,18,21);1H. The number of carbonyl (C=O) groups is 1. The first-order valence-corrected chi connectivity index (χ1v) is 6.84. The maximum absolute atomic E-state index is 13.0. The molecule has 0 atom stereocenters. The molecule has 0 bridgehead atoms. The third kappa shape index (κ3) is 4.29. The van der Waals surface area contributed by atoms with E-state index in [-0.39, 0.29) is 31.1 Å². The third-order valence-corrected chi connectivity index (χ3v) is 3.46. The van der Waals surface area contributed by atoms with Crippen LogP contribution >= 0.6 is 12.4 Å². The van der Waals surface area contributed by atoms with Crippen molar-refractivity contribution in [3.63, 3.8) is 0 Å². The van der Waals surface area contributed by atoms with E-state index in [1.807, 2.05) is 6.07 Å². The van der Waals surface area contributed by atoms with Crippen molar-refractivity contribution in [1.82, 2.24) is 14.5 Å². The Hall–Kier alpha value is -1.93. The second-order valence-corrected chi connectivity index (χ2v) is 5.07.